The summed E-state index contributed by atoms with van der Waals surface area (Å²) >= 11 is 0. The molecule has 0 radical (unpaired) electrons. The Balaban J connectivity index is 1.35. The van der Waals surface area contributed by atoms with Gasteiger partial charge in [0.25, 0.3) is 0 Å². The van der Waals surface area contributed by atoms with Crippen molar-refractivity contribution in [1.82, 2.24) is 20.0 Å². The molecule has 1 unspecified atom stereocenters. The Morgan fingerprint density at radius 1 is 1.12 bits per heavy atom. The molecule has 132 valence electrons. The van der Waals surface area contributed by atoms with Crippen LogP contribution in [0, 0.1) is 0 Å². The summed E-state index contributed by atoms with van der Waals surface area (Å²) in [5.41, 5.74) is 2.16. The van der Waals surface area contributed by atoms with Crippen LogP contribution in [0.3, 0.4) is 0 Å². The Labute approximate surface area is 151 Å². The van der Waals surface area contributed by atoms with Crippen molar-refractivity contribution in [3.05, 3.63) is 66.3 Å². The smallest absolute Gasteiger partial charge is 0.232 e. The summed E-state index contributed by atoms with van der Waals surface area (Å²) < 4.78 is 5.41. The Bertz CT molecular complexity index is 864. The lowest BCUT2D eigenvalue weighted by Gasteiger charge is -2.15. The standard InChI is InChI=1S/C20H20N4O2/c25-18-13-17(14-24(18)12-4-7-15-5-2-1-3-6-15)20-22-19(23-26-20)16-8-10-21-11-9-16/h1-3,5-6,8-11,17H,4,7,12-14H2. The molecule has 26 heavy (non-hydrogen) atoms. The summed E-state index contributed by atoms with van der Waals surface area (Å²) in [4.78, 5) is 22.7. The summed E-state index contributed by atoms with van der Waals surface area (Å²) in [5, 5.41) is 4.04. The second-order valence-corrected chi connectivity index (χ2v) is 6.52. The first kappa shape index (κ1) is 16.4. The van der Waals surface area contributed by atoms with Crippen molar-refractivity contribution in [3.8, 4) is 11.4 Å². The minimum absolute atomic E-state index is 0.0256. The van der Waals surface area contributed by atoms with E-state index in [1.807, 2.05) is 35.2 Å². The van der Waals surface area contributed by atoms with Gasteiger partial charge in [-0.05, 0) is 30.5 Å². The fraction of sp³-hybridized carbons (Fsp3) is 0.300. The SMILES string of the molecule is O=C1CC(c2nc(-c3ccncc3)no2)CN1CCCc1ccccc1. The molecule has 0 saturated carbocycles. The number of nitrogens with zero attached hydrogens (tertiary/aromatic N) is 4. The highest BCUT2D eigenvalue weighted by atomic mass is 16.5. The zero-order chi connectivity index (χ0) is 17.8. The molecule has 1 aliphatic heterocycles. The lowest BCUT2D eigenvalue weighted by Crippen LogP contribution is -2.26. The Morgan fingerprint density at radius 3 is 2.73 bits per heavy atom. The number of hydrogen-bond acceptors (Lipinski definition) is 5. The number of amides is 1. The molecule has 1 aliphatic rings. The maximum Gasteiger partial charge on any atom is 0.232 e. The van der Waals surface area contributed by atoms with Crippen LogP contribution in [-0.2, 0) is 11.2 Å². The van der Waals surface area contributed by atoms with Gasteiger partial charge in [-0.25, -0.2) is 0 Å². The molecule has 2 aromatic heterocycles. The second kappa shape index (κ2) is 7.47. The van der Waals surface area contributed by atoms with E-state index in [9.17, 15) is 4.79 Å². The van der Waals surface area contributed by atoms with Gasteiger partial charge < -0.3 is 9.42 Å². The highest BCUT2D eigenvalue weighted by Gasteiger charge is 2.33. The second-order valence-electron chi connectivity index (χ2n) is 6.52. The van der Waals surface area contributed by atoms with Gasteiger partial charge in [0.1, 0.15) is 0 Å². The zero-order valence-electron chi connectivity index (χ0n) is 14.4. The van der Waals surface area contributed by atoms with E-state index in [2.05, 4.69) is 27.3 Å². The van der Waals surface area contributed by atoms with Crippen LogP contribution in [-0.4, -0.2) is 39.0 Å². The van der Waals surface area contributed by atoms with Gasteiger partial charge in [-0.15, -0.1) is 0 Å². The largest absolute Gasteiger partial charge is 0.342 e. The van der Waals surface area contributed by atoms with Crippen LogP contribution in [0.25, 0.3) is 11.4 Å². The lowest BCUT2D eigenvalue weighted by atomic mass is 10.1. The van der Waals surface area contributed by atoms with Gasteiger partial charge in [0, 0.05) is 37.5 Å². The molecule has 1 fully saturated rings. The summed E-state index contributed by atoms with van der Waals surface area (Å²) in [5.74, 6) is 1.21. The molecule has 4 rings (SSSR count). The van der Waals surface area contributed by atoms with Crippen LogP contribution >= 0.6 is 0 Å². The van der Waals surface area contributed by atoms with E-state index < -0.39 is 0 Å². The van der Waals surface area contributed by atoms with Gasteiger partial charge in [0.2, 0.25) is 17.6 Å². The number of carbonyl (C=O) groups is 1. The lowest BCUT2D eigenvalue weighted by molar-refractivity contribution is -0.127. The molecule has 6 heteroatoms. The zero-order valence-corrected chi connectivity index (χ0v) is 14.4. The molecular weight excluding hydrogens is 328 g/mol. The minimum atomic E-state index is -0.0256. The molecule has 1 amide bonds. The van der Waals surface area contributed by atoms with Crippen molar-refractivity contribution in [2.75, 3.05) is 13.1 Å². The topological polar surface area (TPSA) is 72.1 Å². The molecule has 1 saturated heterocycles. The van der Waals surface area contributed by atoms with Crippen LogP contribution in [0.2, 0.25) is 0 Å². The van der Waals surface area contributed by atoms with Gasteiger partial charge in [-0.2, -0.15) is 4.98 Å². The number of hydrogen-bond donors (Lipinski definition) is 0. The van der Waals surface area contributed by atoms with Crippen molar-refractivity contribution >= 4 is 5.91 Å². The number of pyridine rings is 1. The molecule has 0 bridgehead atoms. The van der Waals surface area contributed by atoms with Gasteiger partial charge in [-0.1, -0.05) is 35.5 Å². The molecular formula is C20H20N4O2. The monoisotopic (exact) mass is 348 g/mol. The van der Waals surface area contributed by atoms with Crippen LogP contribution in [0.5, 0.6) is 0 Å². The van der Waals surface area contributed by atoms with E-state index in [0.717, 1.165) is 24.9 Å². The third-order valence-electron chi connectivity index (χ3n) is 4.68. The Kier molecular flexibility index (Phi) is 4.73. The average Bonchev–Trinajstić information content (AvgIpc) is 3.31. The molecule has 0 aliphatic carbocycles. The normalized spacial score (nSPS) is 17.0. The van der Waals surface area contributed by atoms with Gasteiger partial charge in [0.15, 0.2) is 0 Å². The summed E-state index contributed by atoms with van der Waals surface area (Å²) in [6, 6.07) is 14.0. The highest BCUT2D eigenvalue weighted by Crippen LogP contribution is 2.28. The Hall–Kier alpha value is -3.02. The Morgan fingerprint density at radius 2 is 1.92 bits per heavy atom. The fourth-order valence-electron chi connectivity index (χ4n) is 3.29. The van der Waals surface area contributed by atoms with Crippen LogP contribution in [0.15, 0.2) is 59.4 Å². The van der Waals surface area contributed by atoms with Crippen molar-refractivity contribution in [3.63, 3.8) is 0 Å². The molecule has 6 nitrogen and oxygen atoms in total. The predicted octanol–water partition coefficient (Wildman–Crippen LogP) is 3.08. The quantitative estimate of drug-likeness (QED) is 0.684. The van der Waals surface area contributed by atoms with E-state index >= 15 is 0 Å². The molecule has 0 spiro atoms. The number of aryl methyl sites for hydroxylation is 1. The van der Waals surface area contributed by atoms with E-state index in [4.69, 9.17) is 4.52 Å². The third-order valence-corrected chi connectivity index (χ3v) is 4.68. The van der Waals surface area contributed by atoms with Crippen molar-refractivity contribution < 1.29 is 9.32 Å². The highest BCUT2D eigenvalue weighted by molar-refractivity contribution is 5.79. The number of likely N-dealkylation sites (tertiary alicyclic amines) is 1. The first-order valence-corrected chi connectivity index (χ1v) is 8.85. The number of benzene rings is 1. The first-order valence-electron chi connectivity index (χ1n) is 8.85. The van der Waals surface area contributed by atoms with Crippen LogP contribution < -0.4 is 0 Å². The maximum absolute atomic E-state index is 12.3. The molecule has 3 heterocycles. The average molecular weight is 348 g/mol. The van der Waals surface area contributed by atoms with Crippen molar-refractivity contribution in [1.29, 1.82) is 0 Å². The van der Waals surface area contributed by atoms with Crippen molar-refractivity contribution in [2.45, 2.75) is 25.2 Å². The fourth-order valence-corrected chi connectivity index (χ4v) is 3.29. The maximum atomic E-state index is 12.3. The summed E-state index contributed by atoms with van der Waals surface area (Å²) in [6.07, 6.45) is 5.75. The molecule has 1 atom stereocenters. The number of aromatic nitrogens is 3. The van der Waals surface area contributed by atoms with Crippen molar-refractivity contribution in [2.24, 2.45) is 0 Å². The van der Waals surface area contributed by atoms with Gasteiger partial charge >= 0.3 is 0 Å². The third kappa shape index (κ3) is 3.64. The van der Waals surface area contributed by atoms with E-state index in [-0.39, 0.29) is 11.8 Å². The predicted molar refractivity (Wildman–Crippen MR) is 96.2 cm³/mol. The van der Waals surface area contributed by atoms with Crippen LogP contribution in [0.4, 0.5) is 0 Å². The number of carbonyl (C=O) groups excluding carboxylic acids is 1. The van der Waals surface area contributed by atoms with Crippen LogP contribution in [0.1, 0.15) is 30.2 Å². The minimum Gasteiger partial charge on any atom is -0.342 e. The van der Waals surface area contributed by atoms with E-state index in [0.29, 0.717) is 24.7 Å². The first-order chi connectivity index (χ1) is 12.8. The summed E-state index contributed by atoms with van der Waals surface area (Å²) in [6.45, 7) is 1.40. The molecule has 0 N–H and O–H groups in total. The summed E-state index contributed by atoms with van der Waals surface area (Å²) in [7, 11) is 0. The van der Waals surface area contributed by atoms with E-state index in [1.165, 1.54) is 5.56 Å². The van der Waals surface area contributed by atoms with Gasteiger partial charge in [0.05, 0.1) is 5.92 Å². The number of rotatable bonds is 6. The molecule has 1 aromatic carbocycles. The van der Waals surface area contributed by atoms with Gasteiger partial charge in [-0.3, -0.25) is 9.78 Å². The molecule has 3 aromatic rings. The van der Waals surface area contributed by atoms with E-state index in [1.54, 1.807) is 12.4 Å².